The third-order valence-electron chi connectivity index (χ3n) is 2.83. The van der Waals surface area contributed by atoms with Gasteiger partial charge in [0.1, 0.15) is 0 Å². The summed E-state index contributed by atoms with van der Waals surface area (Å²) >= 11 is 1.65. The lowest BCUT2D eigenvalue weighted by Crippen LogP contribution is -2.13. The second-order valence-corrected chi connectivity index (χ2v) is 5.16. The molecule has 3 nitrogen and oxygen atoms in total. The third kappa shape index (κ3) is 3.11. The van der Waals surface area contributed by atoms with Crippen LogP contribution in [0.15, 0.2) is 35.7 Å². The van der Waals surface area contributed by atoms with Crippen LogP contribution in [0.25, 0.3) is 0 Å². The molecule has 2 aromatic rings. The SMILES string of the molecule is Cc1ccc(C(N)CSc2ncc[nH]2)cc1C. The van der Waals surface area contributed by atoms with E-state index < -0.39 is 0 Å². The molecule has 1 atom stereocenters. The molecule has 17 heavy (non-hydrogen) atoms. The first-order chi connectivity index (χ1) is 8.16. The van der Waals surface area contributed by atoms with Gasteiger partial charge in [0.05, 0.1) is 0 Å². The predicted molar refractivity (Wildman–Crippen MR) is 72.2 cm³/mol. The van der Waals surface area contributed by atoms with Gasteiger partial charge in [-0.05, 0) is 30.5 Å². The highest BCUT2D eigenvalue weighted by Gasteiger charge is 2.08. The fourth-order valence-corrected chi connectivity index (χ4v) is 2.41. The Bertz CT molecular complexity index is 479. The van der Waals surface area contributed by atoms with E-state index in [9.17, 15) is 0 Å². The molecule has 0 aliphatic heterocycles. The zero-order chi connectivity index (χ0) is 12.3. The van der Waals surface area contributed by atoms with Crippen LogP contribution in [0.4, 0.5) is 0 Å². The minimum Gasteiger partial charge on any atom is -0.340 e. The number of rotatable bonds is 4. The maximum Gasteiger partial charge on any atom is 0.165 e. The van der Waals surface area contributed by atoms with Crippen LogP contribution in [-0.2, 0) is 0 Å². The number of hydrogen-bond acceptors (Lipinski definition) is 3. The van der Waals surface area contributed by atoms with Crippen LogP contribution in [-0.4, -0.2) is 15.7 Å². The maximum atomic E-state index is 6.17. The maximum absolute atomic E-state index is 6.17. The van der Waals surface area contributed by atoms with E-state index in [-0.39, 0.29) is 6.04 Å². The molecule has 0 saturated carbocycles. The number of H-pyrrole nitrogens is 1. The molecule has 0 aliphatic rings. The highest BCUT2D eigenvalue weighted by molar-refractivity contribution is 7.99. The summed E-state index contributed by atoms with van der Waals surface area (Å²) < 4.78 is 0. The fourth-order valence-electron chi connectivity index (χ4n) is 1.59. The van der Waals surface area contributed by atoms with Crippen LogP contribution in [0, 0.1) is 13.8 Å². The van der Waals surface area contributed by atoms with Gasteiger partial charge in [-0.25, -0.2) is 4.98 Å². The first-order valence-corrected chi connectivity index (χ1v) is 6.60. The number of hydrogen-bond donors (Lipinski definition) is 2. The van der Waals surface area contributed by atoms with Crippen molar-refractivity contribution in [3.63, 3.8) is 0 Å². The molecule has 0 bridgehead atoms. The molecule has 1 aromatic heterocycles. The van der Waals surface area contributed by atoms with Crippen molar-refractivity contribution in [1.29, 1.82) is 0 Å². The van der Waals surface area contributed by atoms with Crippen LogP contribution in [0.5, 0.6) is 0 Å². The number of nitrogens with zero attached hydrogens (tertiary/aromatic N) is 1. The van der Waals surface area contributed by atoms with Gasteiger partial charge in [0.2, 0.25) is 0 Å². The zero-order valence-corrected chi connectivity index (χ0v) is 10.9. The lowest BCUT2D eigenvalue weighted by atomic mass is 10.0. The largest absolute Gasteiger partial charge is 0.340 e. The summed E-state index contributed by atoms with van der Waals surface area (Å²) in [6.07, 6.45) is 3.58. The van der Waals surface area contributed by atoms with E-state index in [2.05, 4.69) is 42.0 Å². The summed E-state index contributed by atoms with van der Waals surface area (Å²) in [6, 6.07) is 6.45. The van der Waals surface area contributed by atoms with Crippen molar-refractivity contribution in [2.45, 2.75) is 25.0 Å². The Morgan fingerprint density at radius 2 is 2.18 bits per heavy atom. The Morgan fingerprint density at radius 3 is 2.82 bits per heavy atom. The summed E-state index contributed by atoms with van der Waals surface area (Å²) in [5, 5.41) is 0.921. The molecule has 0 fully saturated rings. The first kappa shape index (κ1) is 12.2. The second kappa shape index (κ2) is 5.38. The highest BCUT2D eigenvalue weighted by Crippen LogP contribution is 2.22. The number of nitrogens with one attached hydrogen (secondary N) is 1. The van der Waals surface area contributed by atoms with Gasteiger partial charge in [-0.1, -0.05) is 30.0 Å². The molecule has 0 amide bonds. The molecule has 4 heteroatoms. The van der Waals surface area contributed by atoms with Crippen LogP contribution in [0.1, 0.15) is 22.7 Å². The van der Waals surface area contributed by atoms with Gasteiger partial charge in [0, 0.05) is 24.2 Å². The van der Waals surface area contributed by atoms with Crippen molar-refractivity contribution in [3.8, 4) is 0 Å². The van der Waals surface area contributed by atoms with E-state index in [0.717, 1.165) is 10.9 Å². The zero-order valence-electron chi connectivity index (χ0n) is 10.1. The number of thioether (sulfide) groups is 1. The lowest BCUT2D eigenvalue weighted by Gasteiger charge is -2.12. The third-order valence-corrected chi connectivity index (χ3v) is 3.85. The van der Waals surface area contributed by atoms with E-state index in [4.69, 9.17) is 5.73 Å². The Morgan fingerprint density at radius 1 is 1.35 bits per heavy atom. The first-order valence-electron chi connectivity index (χ1n) is 5.61. The van der Waals surface area contributed by atoms with Crippen LogP contribution in [0.2, 0.25) is 0 Å². The Labute approximate surface area is 106 Å². The van der Waals surface area contributed by atoms with Crippen LogP contribution < -0.4 is 5.73 Å². The van der Waals surface area contributed by atoms with Gasteiger partial charge in [0.25, 0.3) is 0 Å². The van der Waals surface area contributed by atoms with Crippen LogP contribution in [0.3, 0.4) is 0 Å². The van der Waals surface area contributed by atoms with Gasteiger partial charge < -0.3 is 10.7 Å². The summed E-state index contributed by atoms with van der Waals surface area (Å²) in [7, 11) is 0. The minimum atomic E-state index is 0.0457. The van der Waals surface area contributed by atoms with Gasteiger partial charge >= 0.3 is 0 Å². The van der Waals surface area contributed by atoms with E-state index in [1.807, 2.05) is 6.20 Å². The topological polar surface area (TPSA) is 54.7 Å². The molecule has 1 aromatic carbocycles. The molecular weight excluding hydrogens is 230 g/mol. The van der Waals surface area contributed by atoms with Crippen molar-refractivity contribution in [2.75, 3.05) is 5.75 Å². The number of imidazole rings is 1. The van der Waals surface area contributed by atoms with E-state index in [0.29, 0.717) is 0 Å². The van der Waals surface area contributed by atoms with Crippen LogP contribution >= 0.6 is 11.8 Å². The highest BCUT2D eigenvalue weighted by atomic mass is 32.2. The minimum absolute atomic E-state index is 0.0457. The average molecular weight is 247 g/mol. The average Bonchev–Trinajstić information content (AvgIpc) is 2.82. The van der Waals surface area contributed by atoms with Crippen molar-refractivity contribution >= 4 is 11.8 Å². The summed E-state index contributed by atoms with van der Waals surface area (Å²) in [5.74, 6) is 0.829. The quantitative estimate of drug-likeness (QED) is 0.817. The molecule has 0 radical (unpaired) electrons. The number of aryl methyl sites for hydroxylation is 2. The summed E-state index contributed by atoms with van der Waals surface area (Å²) in [6.45, 7) is 4.23. The molecule has 3 N–H and O–H groups in total. The molecule has 0 aliphatic carbocycles. The molecule has 0 spiro atoms. The van der Waals surface area contributed by atoms with Gasteiger partial charge in [-0.3, -0.25) is 0 Å². The number of benzene rings is 1. The number of aromatic amines is 1. The van der Waals surface area contributed by atoms with E-state index in [1.54, 1.807) is 18.0 Å². The number of aromatic nitrogens is 2. The van der Waals surface area contributed by atoms with Gasteiger partial charge in [0.15, 0.2) is 5.16 Å². The summed E-state index contributed by atoms with van der Waals surface area (Å²) in [4.78, 5) is 7.23. The summed E-state index contributed by atoms with van der Waals surface area (Å²) in [5.41, 5.74) is 9.95. The van der Waals surface area contributed by atoms with Crippen molar-refractivity contribution in [2.24, 2.45) is 5.73 Å². The smallest absolute Gasteiger partial charge is 0.165 e. The molecular formula is C13H17N3S. The molecule has 1 unspecified atom stereocenters. The standard InChI is InChI=1S/C13H17N3S/c1-9-3-4-11(7-10(9)2)12(14)8-17-13-15-5-6-16-13/h3-7,12H,8,14H2,1-2H3,(H,15,16). The normalized spacial score (nSPS) is 12.6. The second-order valence-electron chi connectivity index (χ2n) is 4.16. The Balaban J connectivity index is 1.99. The fraction of sp³-hybridized carbons (Fsp3) is 0.308. The van der Waals surface area contributed by atoms with Crippen molar-refractivity contribution in [1.82, 2.24) is 9.97 Å². The molecule has 0 saturated heterocycles. The van der Waals surface area contributed by atoms with Gasteiger partial charge in [-0.2, -0.15) is 0 Å². The molecule has 90 valence electrons. The van der Waals surface area contributed by atoms with Crippen molar-refractivity contribution < 1.29 is 0 Å². The van der Waals surface area contributed by atoms with E-state index in [1.165, 1.54) is 16.7 Å². The predicted octanol–water partition coefficient (Wildman–Crippen LogP) is 2.82. The molecule has 2 rings (SSSR count). The number of nitrogens with two attached hydrogens (primary N) is 1. The lowest BCUT2D eigenvalue weighted by molar-refractivity contribution is 0.826. The Hall–Kier alpha value is -1.26. The Kier molecular flexibility index (Phi) is 3.86. The monoisotopic (exact) mass is 247 g/mol. The van der Waals surface area contributed by atoms with E-state index >= 15 is 0 Å². The van der Waals surface area contributed by atoms with Gasteiger partial charge in [-0.15, -0.1) is 0 Å². The van der Waals surface area contributed by atoms with Crippen molar-refractivity contribution in [3.05, 3.63) is 47.3 Å². The molecule has 1 heterocycles.